The summed E-state index contributed by atoms with van der Waals surface area (Å²) in [7, 11) is 0. The molecule has 0 bridgehead atoms. The first-order valence-corrected chi connectivity index (χ1v) is 8.94. The van der Waals surface area contributed by atoms with Crippen molar-refractivity contribution >= 4 is 29.3 Å². The lowest BCUT2D eigenvalue weighted by Gasteiger charge is -2.14. The number of alkyl halides is 2. The van der Waals surface area contributed by atoms with Crippen LogP contribution in [-0.4, -0.2) is 24.2 Å². The molecule has 2 aromatic carbocycles. The van der Waals surface area contributed by atoms with Crippen LogP contribution in [0.15, 0.2) is 59.5 Å². The number of carbonyl (C=O) groups is 2. The summed E-state index contributed by atoms with van der Waals surface area (Å²) in [6, 6.07) is 15.2. The van der Waals surface area contributed by atoms with Crippen molar-refractivity contribution in [3.8, 4) is 0 Å². The molecule has 0 aliphatic rings. The van der Waals surface area contributed by atoms with Gasteiger partial charge in [-0.25, -0.2) is 0 Å². The van der Waals surface area contributed by atoms with Crippen molar-refractivity contribution < 1.29 is 23.1 Å². The van der Waals surface area contributed by atoms with Crippen molar-refractivity contribution in [3.05, 3.63) is 60.2 Å². The average molecular weight is 379 g/mol. The minimum absolute atomic E-state index is 0.401. The summed E-state index contributed by atoms with van der Waals surface area (Å²) >= 11 is 0.428. The Morgan fingerprint density at radius 2 is 1.73 bits per heavy atom. The van der Waals surface area contributed by atoms with E-state index in [1.165, 1.54) is 24.3 Å². The van der Waals surface area contributed by atoms with E-state index in [2.05, 4.69) is 5.32 Å². The van der Waals surface area contributed by atoms with Crippen molar-refractivity contribution in [1.82, 2.24) is 0 Å². The number of thioether (sulfide) groups is 1. The van der Waals surface area contributed by atoms with E-state index < -0.39 is 30.2 Å². The van der Waals surface area contributed by atoms with E-state index in [0.717, 1.165) is 5.56 Å². The van der Waals surface area contributed by atoms with E-state index in [9.17, 15) is 18.4 Å². The topological polar surface area (TPSA) is 55.4 Å². The van der Waals surface area contributed by atoms with Crippen molar-refractivity contribution in [2.45, 2.75) is 29.9 Å². The Kier molecular flexibility index (Phi) is 7.59. The van der Waals surface area contributed by atoms with Gasteiger partial charge in [-0.2, -0.15) is 8.78 Å². The third-order valence-corrected chi connectivity index (χ3v) is 4.33. The van der Waals surface area contributed by atoms with Crippen LogP contribution in [0.3, 0.4) is 0 Å². The highest BCUT2D eigenvalue weighted by molar-refractivity contribution is 7.99. The summed E-state index contributed by atoms with van der Waals surface area (Å²) < 4.78 is 29.6. The monoisotopic (exact) mass is 379 g/mol. The lowest BCUT2D eigenvalue weighted by atomic mass is 9.97. The molecule has 1 N–H and O–H groups in total. The second-order valence-electron chi connectivity index (χ2n) is 5.43. The van der Waals surface area contributed by atoms with Gasteiger partial charge < -0.3 is 10.1 Å². The maximum atomic E-state index is 12.3. The van der Waals surface area contributed by atoms with E-state index in [-0.39, 0.29) is 0 Å². The number of carbonyl (C=O) groups excluding carboxylic acids is 2. The number of halogens is 2. The Bertz CT molecular complexity index is 723. The minimum atomic E-state index is -2.49. The SMILES string of the molecule is CC[C@@H](C(=O)OCC(=O)Nc1ccc(SC(F)F)cc1)c1ccccc1. The number of ether oxygens (including phenoxy) is 1. The van der Waals surface area contributed by atoms with Gasteiger partial charge >= 0.3 is 5.97 Å². The van der Waals surface area contributed by atoms with Crippen LogP contribution >= 0.6 is 11.8 Å². The standard InChI is InChI=1S/C19H19F2NO3S/c1-2-16(13-6-4-3-5-7-13)18(24)25-12-17(23)22-14-8-10-15(11-9-14)26-19(20)21/h3-11,16,19H,2,12H2,1H3,(H,22,23)/t16-/m1/s1. The molecule has 2 rings (SSSR count). The molecule has 138 valence electrons. The van der Waals surface area contributed by atoms with Gasteiger partial charge in [0.25, 0.3) is 11.7 Å². The smallest absolute Gasteiger partial charge is 0.313 e. The third kappa shape index (κ3) is 6.15. The van der Waals surface area contributed by atoms with Crippen LogP contribution in [-0.2, 0) is 14.3 Å². The predicted molar refractivity (Wildman–Crippen MR) is 97.4 cm³/mol. The van der Waals surface area contributed by atoms with Gasteiger partial charge in [-0.05, 0) is 36.2 Å². The van der Waals surface area contributed by atoms with Crippen molar-refractivity contribution in [2.24, 2.45) is 0 Å². The number of hydrogen-bond acceptors (Lipinski definition) is 4. The number of hydrogen-bond donors (Lipinski definition) is 1. The first-order valence-electron chi connectivity index (χ1n) is 8.06. The van der Waals surface area contributed by atoms with Gasteiger partial charge in [0.15, 0.2) is 6.61 Å². The Labute approximate surface area is 154 Å². The van der Waals surface area contributed by atoms with E-state index in [1.54, 1.807) is 0 Å². The molecule has 0 aromatic heterocycles. The molecule has 4 nitrogen and oxygen atoms in total. The van der Waals surface area contributed by atoms with Crippen LogP contribution in [0.1, 0.15) is 24.8 Å². The molecule has 0 radical (unpaired) electrons. The van der Waals surface area contributed by atoms with Crippen molar-refractivity contribution in [1.29, 1.82) is 0 Å². The van der Waals surface area contributed by atoms with Gasteiger partial charge in [0.05, 0.1) is 5.92 Å². The molecule has 0 spiro atoms. The molecule has 0 saturated carbocycles. The fourth-order valence-corrected chi connectivity index (χ4v) is 2.88. The molecule has 0 saturated heterocycles. The maximum absolute atomic E-state index is 12.3. The number of amides is 1. The average Bonchev–Trinajstić information content (AvgIpc) is 2.63. The zero-order valence-electron chi connectivity index (χ0n) is 14.2. The number of rotatable bonds is 8. The van der Waals surface area contributed by atoms with Crippen molar-refractivity contribution in [2.75, 3.05) is 11.9 Å². The van der Waals surface area contributed by atoms with E-state index in [1.807, 2.05) is 37.3 Å². The molecule has 0 unspecified atom stereocenters. The lowest BCUT2D eigenvalue weighted by molar-refractivity contribution is -0.149. The third-order valence-electron chi connectivity index (χ3n) is 3.60. The molecule has 0 aliphatic heterocycles. The van der Waals surface area contributed by atoms with Crippen LogP contribution in [0.5, 0.6) is 0 Å². The Morgan fingerprint density at radius 3 is 2.31 bits per heavy atom. The predicted octanol–water partition coefficient (Wildman–Crippen LogP) is 4.68. The zero-order valence-corrected chi connectivity index (χ0v) is 15.0. The van der Waals surface area contributed by atoms with Gasteiger partial charge in [0.2, 0.25) is 0 Å². The molecule has 1 amide bonds. The van der Waals surface area contributed by atoms with Gasteiger partial charge in [0.1, 0.15) is 0 Å². The highest BCUT2D eigenvalue weighted by Gasteiger charge is 2.21. The van der Waals surface area contributed by atoms with Crippen molar-refractivity contribution in [3.63, 3.8) is 0 Å². The van der Waals surface area contributed by atoms with Crippen LogP contribution < -0.4 is 5.32 Å². The molecule has 0 fully saturated rings. The lowest BCUT2D eigenvalue weighted by Crippen LogP contribution is -2.23. The number of benzene rings is 2. The summed E-state index contributed by atoms with van der Waals surface area (Å²) in [4.78, 5) is 24.5. The largest absolute Gasteiger partial charge is 0.455 e. The fourth-order valence-electron chi connectivity index (χ4n) is 2.38. The number of esters is 1. The molecule has 0 heterocycles. The summed E-state index contributed by atoms with van der Waals surface area (Å²) in [5.41, 5.74) is 1.28. The van der Waals surface area contributed by atoms with E-state index in [0.29, 0.717) is 28.8 Å². The van der Waals surface area contributed by atoms with Crippen LogP contribution in [0.2, 0.25) is 0 Å². The van der Waals surface area contributed by atoms with Crippen LogP contribution in [0.4, 0.5) is 14.5 Å². The van der Waals surface area contributed by atoms with Gasteiger partial charge in [-0.1, -0.05) is 49.0 Å². The second kappa shape index (κ2) is 9.91. The summed E-state index contributed by atoms with van der Waals surface area (Å²) in [5, 5.41) is 2.56. The van der Waals surface area contributed by atoms with Gasteiger partial charge in [-0.3, -0.25) is 9.59 Å². The molecule has 1 atom stereocenters. The van der Waals surface area contributed by atoms with E-state index in [4.69, 9.17) is 4.74 Å². The highest BCUT2D eigenvalue weighted by atomic mass is 32.2. The van der Waals surface area contributed by atoms with Crippen LogP contribution in [0.25, 0.3) is 0 Å². The summed E-state index contributed by atoms with van der Waals surface area (Å²) in [6.07, 6.45) is 0.563. The fraction of sp³-hybridized carbons (Fsp3) is 0.263. The molecular weight excluding hydrogens is 360 g/mol. The molecular formula is C19H19F2NO3S. The maximum Gasteiger partial charge on any atom is 0.313 e. The highest BCUT2D eigenvalue weighted by Crippen LogP contribution is 2.26. The Balaban J connectivity index is 1.85. The quantitative estimate of drug-likeness (QED) is 0.535. The Hall–Kier alpha value is -2.41. The first-order chi connectivity index (χ1) is 12.5. The number of nitrogens with one attached hydrogen (secondary N) is 1. The first kappa shape index (κ1) is 19.9. The van der Waals surface area contributed by atoms with Gasteiger partial charge in [0, 0.05) is 10.6 Å². The van der Waals surface area contributed by atoms with E-state index >= 15 is 0 Å². The molecule has 2 aromatic rings. The summed E-state index contributed by atoms with van der Waals surface area (Å²) in [5.74, 6) is -3.87. The van der Waals surface area contributed by atoms with Crippen LogP contribution in [0, 0.1) is 0 Å². The zero-order chi connectivity index (χ0) is 18.9. The minimum Gasteiger partial charge on any atom is -0.455 e. The molecule has 26 heavy (non-hydrogen) atoms. The molecule has 0 aliphatic carbocycles. The second-order valence-corrected chi connectivity index (χ2v) is 6.49. The normalized spacial score (nSPS) is 11.8. The number of anilines is 1. The summed E-state index contributed by atoms with van der Waals surface area (Å²) in [6.45, 7) is 1.47. The Morgan fingerprint density at radius 1 is 1.08 bits per heavy atom. The van der Waals surface area contributed by atoms with Gasteiger partial charge in [-0.15, -0.1) is 0 Å². The molecule has 7 heteroatoms.